The van der Waals surface area contributed by atoms with E-state index in [9.17, 15) is 9.59 Å². The van der Waals surface area contributed by atoms with Gasteiger partial charge < -0.3 is 15.4 Å². The van der Waals surface area contributed by atoms with Crippen molar-refractivity contribution in [3.8, 4) is 5.75 Å². The Bertz CT molecular complexity index is 745. The van der Waals surface area contributed by atoms with Gasteiger partial charge in [-0.1, -0.05) is 13.3 Å². The van der Waals surface area contributed by atoms with Gasteiger partial charge in [-0.2, -0.15) is 0 Å². The summed E-state index contributed by atoms with van der Waals surface area (Å²) < 4.78 is 6.06. The van der Waals surface area contributed by atoms with Gasteiger partial charge in [0.15, 0.2) is 0 Å². The normalized spacial score (nSPS) is 10.2. The predicted molar refractivity (Wildman–Crippen MR) is 107 cm³/mol. The lowest BCUT2D eigenvalue weighted by Gasteiger charge is -2.09. The molecule has 2 rings (SSSR count). The highest BCUT2D eigenvalue weighted by Crippen LogP contribution is 2.22. The molecule has 2 aromatic rings. The van der Waals surface area contributed by atoms with E-state index in [0.717, 1.165) is 22.2 Å². The molecule has 0 spiro atoms. The van der Waals surface area contributed by atoms with Crippen LogP contribution < -0.4 is 15.4 Å². The van der Waals surface area contributed by atoms with Gasteiger partial charge in [0.1, 0.15) is 5.75 Å². The molecule has 2 N–H and O–H groups in total. The third-order valence-corrected chi connectivity index (χ3v) is 4.48. The van der Waals surface area contributed by atoms with Gasteiger partial charge in [0.25, 0.3) is 11.8 Å². The zero-order valence-electron chi connectivity index (χ0n) is 14.3. The fraction of sp³-hybridized carbons (Fsp3) is 0.263. The number of methoxy groups -OCH3 is 1. The molecule has 5 nitrogen and oxygen atoms in total. The number of halogens is 1. The number of carbonyl (C=O) groups is 2. The second kappa shape index (κ2) is 9.41. The Kier molecular flexibility index (Phi) is 7.24. The first kappa shape index (κ1) is 19.2. The standard InChI is InChI=1S/C19H21IN2O3/c1-3-4-11-21-18(23)13-5-8-15(9-6-13)22-19(24)14-7-10-17(25-2)16(20)12-14/h5-10,12H,3-4,11H2,1-2H3,(H,21,23)(H,22,24). The van der Waals surface area contributed by atoms with E-state index in [-0.39, 0.29) is 11.8 Å². The molecule has 0 aliphatic carbocycles. The maximum Gasteiger partial charge on any atom is 0.255 e. The van der Waals surface area contributed by atoms with Crippen LogP contribution in [0.25, 0.3) is 0 Å². The van der Waals surface area contributed by atoms with Crippen LogP contribution in [0.4, 0.5) is 5.69 Å². The fourth-order valence-electron chi connectivity index (χ4n) is 2.20. The summed E-state index contributed by atoms with van der Waals surface area (Å²) in [4.78, 5) is 24.3. The van der Waals surface area contributed by atoms with Gasteiger partial charge in [-0.05, 0) is 71.5 Å². The molecule has 25 heavy (non-hydrogen) atoms. The van der Waals surface area contributed by atoms with Gasteiger partial charge in [-0.3, -0.25) is 9.59 Å². The SMILES string of the molecule is CCCCNC(=O)c1ccc(NC(=O)c2ccc(OC)c(I)c2)cc1. The van der Waals surface area contributed by atoms with Gasteiger partial charge in [0, 0.05) is 23.4 Å². The Balaban J connectivity index is 1.99. The molecular weight excluding hydrogens is 431 g/mol. The fourth-order valence-corrected chi connectivity index (χ4v) is 2.93. The van der Waals surface area contributed by atoms with Crippen molar-refractivity contribution in [3.63, 3.8) is 0 Å². The summed E-state index contributed by atoms with van der Waals surface area (Å²) in [5.74, 6) is 0.423. The maximum absolute atomic E-state index is 12.3. The van der Waals surface area contributed by atoms with E-state index in [4.69, 9.17) is 4.74 Å². The molecule has 132 valence electrons. The van der Waals surface area contributed by atoms with Crippen LogP contribution in [0, 0.1) is 3.57 Å². The highest BCUT2D eigenvalue weighted by Gasteiger charge is 2.10. The minimum absolute atomic E-state index is 0.101. The topological polar surface area (TPSA) is 67.4 Å². The van der Waals surface area contributed by atoms with Crippen molar-refractivity contribution in [2.45, 2.75) is 19.8 Å². The smallest absolute Gasteiger partial charge is 0.255 e. The molecule has 0 aliphatic rings. The van der Waals surface area contributed by atoms with Crippen molar-refractivity contribution in [1.29, 1.82) is 0 Å². The van der Waals surface area contributed by atoms with Crippen LogP contribution in [-0.4, -0.2) is 25.5 Å². The number of anilines is 1. The largest absolute Gasteiger partial charge is 0.496 e. The number of hydrogen-bond donors (Lipinski definition) is 2. The van der Waals surface area contributed by atoms with Gasteiger partial charge in [0.2, 0.25) is 0 Å². The van der Waals surface area contributed by atoms with Crippen LogP contribution in [0.2, 0.25) is 0 Å². The molecule has 0 atom stereocenters. The maximum atomic E-state index is 12.3. The summed E-state index contributed by atoms with van der Waals surface area (Å²) in [5.41, 5.74) is 1.76. The highest BCUT2D eigenvalue weighted by molar-refractivity contribution is 14.1. The summed E-state index contributed by atoms with van der Waals surface area (Å²) in [6, 6.07) is 12.1. The molecule has 0 bridgehead atoms. The first-order chi connectivity index (χ1) is 12.0. The monoisotopic (exact) mass is 452 g/mol. The highest BCUT2D eigenvalue weighted by atomic mass is 127. The van der Waals surface area contributed by atoms with Gasteiger partial charge in [0.05, 0.1) is 10.7 Å². The van der Waals surface area contributed by atoms with Crippen LogP contribution >= 0.6 is 22.6 Å². The number of carbonyl (C=O) groups excluding carboxylic acids is 2. The van der Waals surface area contributed by atoms with E-state index >= 15 is 0 Å². The van der Waals surface area contributed by atoms with Crippen molar-refractivity contribution in [1.82, 2.24) is 5.32 Å². The first-order valence-corrected chi connectivity index (χ1v) is 9.16. The summed E-state index contributed by atoms with van der Waals surface area (Å²) in [6.07, 6.45) is 2.00. The zero-order chi connectivity index (χ0) is 18.2. The van der Waals surface area contributed by atoms with Crippen LogP contribution in [0.5, 0.6) is 5.75 Å². The molecule has 6 heteroatoms. The van der Waals surface area contributed by atoms with Gasteiger partial charge >= 0.3 is 0 Å². The predicted octanol–water partition coefficient (Wildman–Crippen LogP) is 4.08. The van der Waals surface area contributed by atoms with E-state index in [1.54, 1.807) is 49.6 Å². The second-order valence-corrected chi connectivity index (χ2v) is 6.65. The van der Waals surface area contributed by atoms with Crippen molar-refractivity contribution < 1.29 is 14.3 Å². The first-order valence-electron chi connectivity index (χ1n) is 8.08. The zero-order valence-corrected chi connectivity index (χ0v) is 16.4. The van der Waals surface area contributed by atoms with Crippen molar-refractivity contribution in [2.24, 2.45) is 0 Å². The summed E-state index contributed by atoms with van der Waals surface area (Å²) in [6.45, 7) is 2.75. The molecule has 0 saturated carbocycles. The number of benzene rings is 2. The lowest BCUT2D eigenvalue weighted by Crippen LogP contribution is -2.24. The Hall–Kier alpha value is -2.09. The van der Waals surface area contributed by atoms with Crippen LogP contribution in [-0.2, 0) is 0 Å². The van der Waals surface area contributed by atoms with Crippen LogP contribution in [0.1, 0.15) is 40.5 Å². The van der Waals surface area contributed by atoms with E-state index in [2.05, 4.69) is 40.1 Å². The van der Waals surface area contributed by atoms with Crippen molar-refractivity contribution in [2.75, 3.05) is 19.0 Å². The average molecular weight is 452 g/mol. The number of amides is 2. The van der Waals surface area contributed by atoms with Crippen LogP contribution in [0.15, 0.2) is 42.5 Å². The average Bonchev–Trinajstić information content (AvgIpc) is 2.62. The van der Waals surface area contributed by atoms with Crippen LogP contribution in [0.3, 0.4) is 0 Å². The Morgan fingerprint density at radius 3 is 2.32 bits per heavy atom. The molecule has 0 radical (unpaired) electrons. The summed E-state index contributed by atoms with van der Waals surface area (Å²) in [7, 11) is 1.59. The van der Waals surface area contributed by atoms with Gasteiger partial charge in [-0.15, -0.1) is 0 Å². The number of rotatable bonds is 7. The van der Waals surface area contributed by atoms with E-state index in [1.165, 1.54) is 0 Å². The molecule has 0 aliphatic heterocycles. The third kappa shape index (κ3) is 5.45. The Morgan fingerprint density at radius 2 is 1.72 bits per heavy atom. The number of unbranched alkanes of at least 4 members (excludes halogenated alkanes) is 1. The minimum Gasteiger partial charge on any atom is -0.496 e. The number of ether oxygens (including phenoxy) is 1. The third-order valence-electron chi connectivity index (χ3n) is 3.63. The summed E-state index contributed by atoms with van der Waals surface area (Å²) in [5, 5.41) is 5.69. The van der Waals surface area contributed by atoms with E-state index in [1.807, 2.05) is 0 Å². The molecule has 0 heterocycles. The molecular formula is C19H21IN2O3. The number of hydrogen-bond acceptors (Lipinski definition) is 3. The Morgan fingerprint density at radius 1 is 1.04 bits per heavy atom. The molecule has 0 fully saturated rings. The van der Waals surface area contributed by atoms with E-state index in [0.29, 0.717) is 23.4 Å². The lowest BCUT2D eigenvalue weighted by molar-refractivity contribution is 0.0952. The summed E-state index contributed by atoms with van der Waals surface area (Å²) >= 11 is 2.13. The minimum atomic E-state index is -0.208. The number of nitrogens with one attached hydrogen (secondary N) is 2. The molecule has 0 saturated heterocycles. The van der Waals surface area contributed by atoms with Crippen molar-refractivity contribution in [3.05, 3.63) is 57.2 Å². The van der Waals surface area contributed by atoms with E-state index < -0.39 is 0 Å². The molecule has 2 aromatic carbocycles. The Labute approximate surface area is 161 Å². The van der Waals surface area contributed by atoms with Crippen molar-refractivity contribution >= 4 is 40.1 Å². The molecule has 0 aromatic heterocycles. The van der Waals surface area contributed by atoms with Gasteiger partial charge in [-0.25, -0.2) is 0 Å². The second-order valence-electron chi connectivity index (χ2n) is 5.49. The molecule has 2 amide bonds. The lowest BCUT2D eigenvalue weighted by atomic mass is 10.1. The molecule has 0 unspecified atom stereocenters. The quantitative estimate of drug-likeness (QED) is 0.492.